The molecule has 3 aliphatic heterocycles. The highest BCUT2D eigenvalue weighted by Crippen LogP contribution is 2.57. The molecule has 2 atom stereocenters. The van der Waals surface area contributed by atoms with Crippen LogP contribution in [0.5, 0.6) is 28.7 Å². The molecule has 4 aromatic rings. The Bertz CT molecular complexity index is 2340. The molecule has 2 amide bonds. The Kier molecular flexibility index (Phi) is 12.7. The number of amides is 2. The third-order valence-electron chi connectivity index (χ3n) is 10.8. The molecule has 332 valence electrons. The number of β-amino-alcohol motifs (C(OH)–C–C–N with tert-alkyl or cyclic N) is 1. The average Bonchev–Trinajstić information content (AvgIpc) is 3.75. The highest BCUT2D eigenvalue weighted by Gasteiger charge is 2.54. The van der Waals surface area contributed by atoms with Gasteiger partial charge in [0, 0.05) is 60.1 Å². The summed E-state index contributed by atoms with van der Waals surface area (Å²) in [6.45, 7) is 11.8. The fourth-order valence-corrected chi connectivity index (χ4v) is 7.48. The monoisotopic (exact) mass is 864 g/mol. The van der Waals surface area contributed by atoms with Gasteiger partial charge in [-0.1, -0.05) is 0 Å². The minimum atomic E-state index is -1.59. The number of rotatable bonds is 13. The lowest BCUT2D eigenvalue weighted by molar-refractivity contribution is -0.143. The number of aliphatic hydroxyl groups excluding tert-OH is 1. The molecule has 2 unspecified atom stereocenters. The van der Waals surface area contributed by atoms with E-state index in [1.165, 1.54) is 12.1 Å². The van der Waals surface area contributed by atoms with Crippen LogP contribution < -0.4 is 24.3 Å². The van der Waals surface area contributed by atoms with Crippen molar-refractivity contribution < 1.29 is 62.2 Å². The summed E-state index contributed by atoms with van der Waals surface area (Å²) < 4.78 is 40.7. The van der Waals surface area contributed by atoms with Crippen LogP contribution in [0.4, 0.5) is 0 Å². The normalized spacial score (nSPS) is 17.2. The summed E-state index contributed by atoms with van der Waals surface area (Å²) in [6.07, 6.45) is -0.106. The number of ether oxygens (including phenoxy) is 7. The minimum Gasteiger partial charge on any atom is -0.491 e. The third-order valence-corrected chi connectivity index (χ3v) is 10.8. The topological polar surface area (TPSA) is 185 Å². The average molecular weight is 865 g/mol. The first-order chi connectivity index (χ1) is 29.9. The van der Waals surface area contributed by atoms with E-state index in [1.807, 2.05) is 0 Å². The molecule has 4 aromatic carbocycles. The molecule has 3 aliphatic rings. The predicted octanol–water partition coefficient (Wildman–Crippen LogP) is 6.20. The van der Waals surface area contributed by atoms with Gasteiger partial charge in [0.05, 0.1) is 48.4 Å². The molecule has 15 heteroatoms. The van der Waals surface area contributed by atoms with E-state index < -0.39 is 46.4 Å². The summed E-state index contributed by atoms with van der Waals surface area (Å²) in [5, 5.41) is 12.9. The Labute approximate surface area is 365 Å². The van der Waals surface area contributed by atoms with E-state index >= 15 is 0 Å². The van der Waals surface area contributed by atoms with Gasteiger partial charge in [-0.2, -0.15) is 0 Å². The fourth-order valence-electron chi connectivity index (χ4n) is 7.48. The number of carbonyl (C=O) groups is 5. The molecule has 3 heterocycles. The van der Waals surface area contributed by atoms with Gasteiger partial charge >= 0.3 is 17.9 Å². The Balaban J connectivity index is 1.02. The van der Waals surface area contributed by atoms with Crippen LogP contribution in [0, 0.1) is 10.8 Å². The Morgan fingerprint density at radius 3 is 1.94 bits per heavy atom. The second kappa shape index (κ2) is 17.8. The number of nitrogens with zero attached hydrogens (tertiary/aromatic N) is 1. The maximum atomic E-state index is 13.6. The zero-order valence-corrected chi connectivity index (χ0v) is 36.4. The van der Waals surface area contributed by atoms with Crippen molar-refractivity contribution in [1.82, 2.24) is 10.2 Å². The number of hydrogen-bond donors (Lipinski definition) is 2. The lowest BCUT2D eigenvalue weighted by Crippen LogP contribution is -2.38. The van der Waals surface area contributed by atoms with Crippen molar-refractivity contribution >= 4 is 29.7 Å². The molecule has 0 aliphatic carbocycles. The summed E-state index contributed by atoms with van der Waals surface area (Å²) in [6, 6.07) is 20.8. The first kappa shape index (κ1) is 44.8. The number of esters is 3. The number of carbonyl (C=O) groups excluding carboxylic acids is 5. The summed E-state index contributed by atoms with van der Waals surface area (Å²) in [5.74, 6) is -0.752. The Hall–Kier alpha value is -6.29. The molecule has 0 aromatic heterocycles. The van der Waals surface area contributed by atoms with E-state index in [4.69, 9.17) is 33.2 Å². The molecule has 1 fully saturated rings. The van der Waals surface area contributed by atoms with Gasteiger partial charge in [0.25, 0.3) is 11.8 Å². The van der Waals surface area contributed by atoms with Crippen molar-refractivity contribution in [1.29, 1.82) is 0 Å². The van der Waals surface area contributed by atoms with Crippen molar-refractivity contribution in [2.75, 3.05) is 46.6 Å². The van der Waals surface area contributed by atoms with E-state index in [0.29, 0.717) is 41.0 Å². The standard InChI is InChI=1S/C48H52N2O13/c1-46(2,3)44(55)60-33-13-16-36-39(24-33)62-40-25-34(61-45(56)47(4,5)6)14-17-37(40)48(36)38-22-29(10-15-35(38)43(54)63-48)41(52)49-18-19-58-20-21-59-32-11-8-28(9-12-32)42(53)50-26-31(51)23-30(50)27-57-7/h8-17,22,24-25,30-31,51H,18-21,23,26-27H2,1-7H3,(H,49,52). The SMILES string of the molecule is COCC1CC(O)CN1C(=O)c1ccc(OCCOCCNC(=O)c2ccc3c(c2)C2(OC3=O)c3ccc(OC(=O)C(C)(C)C)cc3Oc3cc(OC(=O)C(C)(C)C)ccc32)cc1. The van der Waals surface area contributed by atoms with Gasteiger partial charge in [0.1, 0.15) is 35.4 Å². The van der Waals surface area contributed by atoms with Gasteiger partial charge in [-0.05, 0) is 115 Å². The predicted molar refractivity (Wildman–Crippen MR) is 227 cm³/mol. The fraction of sp³-hybridized carbons (Fsp3) is 0.396. The van der Waals surface area contributed by atoms with E-state index in [9.17, 15) is 29.1 Å². The number of hydrogen-bond acceptors (Lipinski definition) is 13. The molecular formula is C48H52N2O13. The molecular weight excluding hydrogens is 813 g/mol. The summed E-state index contributed by atoms with van der Waals surface area (Å²) in [5.41, 5.74) is -0.952. The number of aliphatic hydroxyl groups is 1. The van der Waals surface area contributed by atoms with E-state index in [2.05, 4.69) is 5.32 Å². The van der Waals surface area contributed by atoms with Crippen LogP contribution in [0.1, 0.15) is 95.7 Å². The quantitative estimate of drug-likeness (QED) is 0.0880. The van der Waals surface area contributed by atoms with Gasteiger partial charge in [-0.3, -0.25) is 19.2 Å². The zero-order chi connectivity index (χ0) is 45.3. The molecule has 2 N–H and O–H groups in total. The number of nitrogens with one attached hydrogen (secondary N) is 1. The molecule has 15 nitrogen and oxygen atoms in total. The molecule has 1 spiro atoms. The van der Waals surface area contributed by atoms with Crippen molar-refractivity contribution in [3.8, 4) is 28.7 Å². The lowest BCUT2D eigenvalue weighted by Gasteiger charge is -2.37. The number of benzene rings is 4. The summed E-state index contributed by atoms with van der Waals surface area (Å²) in [4.78, 5) is 67.5. The first-order valence-electron chi connectivity index (χ1n) is 20.7. The van der Waals surface area contributed by atoms with Crippen LogP contribution >= 0.6 is 0 Å². The summed E-state index contributed by atoms with van der Waals surface area (Å²) in [7, 11) is 1.57. The van der Waals surface area contributed by atoms with E-state index in [0.717, 1.165) is 0 Å². The molecule has 0 saturated carbocycles. The van der Waals surface area contributed by atoms with Crippen molar-refractivity contribution in [2.45, 2.75) is 65.7 Å². The zero-order valence-electron chi connectivity index (χ0n) is 36.4. The maximum Gasteiger partial charge on any atom is 0.340 e. The van der Waals surface area contributed by atoms with Crippen LogP contribution in [0.3, 0.4) is 0 Å². The second-order valence-corrected chi connectivity index (χ2v) is 17.7. The van der Waals surface area contributed by atoms with Crippen LogP contribution in [-0.2, 0) is 29.4 Å². The highest BCUT2D eigenvalue weighted by atomic mass is 16.6. The largest absolute Gasteiger partial charge is 0.491 e. The number of fused-ring (bicyclic) bond motifs is 6. The van der Waals surface area contributed by atoms with Gasteiger partial charge in [0.2, 0.25) is 0 Å². The van der Waals surface area contributed by atoms with Crippen molar-refractivity contribution in [3.63, 3.8) is 0 Å². The van der Waals surface area contributed by atoms with Crippen LogP contribution in [0.2, 0.25) is 0 Å². The second-order valence-electron chi connectivity index (χ2n) is 17.7. The maximum absolute atomic E-state index is 13.6. The molecule has 1 saturated heterocycles. The van der Waals surface area contributed by atoms with Crippen LogP contribution in [-0.4, -0.2) is 98.5 Å². The number of methoxy groups -OCH3 is 1. The molecule has 0 bridgehead atoms. The molecule has 7 rings (SSSR count). The van der Waals surface area contributed by atoms with Gasteiger partial charge < -0.3 is 48.5 Å². The number of likely N-dealkylation sites (tertiary alicyclic amines) is 1. The minimum absolute atomic E-state index is 0.175. The van der Waals surface area contributed by atoms with Gasteiger partial charge in [0.15, 0.2) is 5.60 Å². The first-order valence-corrected chi connectivity index (χ1v) is 20.7. The molecule has 63 heavy (non-hydrogen) atoms. The van der Waals surface area contributed by atoms with Gasteiger partial charge in [-0.15, -0.1) is 0 Å². The molecule has 0 radical (unpaired) electrons. The highest BCUT2D eigenvalue weighted by molar-refractivity contribution is 6.01. The van der Waals surface area contributed by atoms with Crippen molar-refractivity contribution in [3.05, 3.63) is 112 Å². The Morgan fingerprint density at radius 2 is 1.35 bits per heavy atom. The van der Waals surface area contributed by atoms with E-state index in [-0.39, 0.29) is 79.0 Å². The van der Waals surface area contributed by atoms with E-state index in [1.54, 1.807) is 120 Å². The Morgan fingerprint density at radius 1 is 0.762 bits per heavy atom. The van der Waals surface area contributed by atoms with Gasteiger partial charge in [-0.25, -0.2) is 4.79 Å². The van der Waals surface area contributed by atoms with Crippen molar-refractivity contribution in [2.24, 2.45) is 10.8 Å². The smallest absolute Gasteiger partial charge is 0.340 e. The van der Waals surface area contributed by atoms with Crippen LogP contribution in [0.25, 0.3) is 0 Å². The van der Waals surface area contributed by atoms with Crippen LogP contribution in [0.15, 0.2) is 78.9 Å². The summed E-state index contributed by atoms with van der Waals surface area (Å²) >= 11 is 0. The lowest BCUT2D eigenvalue weighted by atomic mass is 9.77. The third kappa shape index (κ3) is 9.41.